The standard InChI is InChI=1S/C18H15ClN4O2/c1-25-15-7-5-13(6-8-15)16-10-17(22-21-16)18(24)23-20-11-12-3-2-4-14(19)9-12/h2-11H,1H3,(H,21,22)(H,23,24)/b20-11+. The Balaban J connectivity index is 1.66. The summed E-state index contributed by atoms with van der Waals surface area (Å²) in [7, 11) is 1.61. The first-order valence-corrected chi connectivity index (χ1v) is 7.82. The number of hydrazone groups is 1. The Morgan fingerprint density at radius 3 is 2.76 bits per heavy atom. The number of methoxy groups -OCH3 is 1. The van der Waals surface area contributed by atoms with E-state index in [0.29, 0.717) is 16.4 Å². The van der Waals surface area contributed by atoms with Crippen LogP contribution in [0.5, 0.6) is 5.75 Å². The number of hydrogen-bond donors (Lipinski definition) is 2. The maximum Gasteiger partial charge on any atom is 0.289 e. The quantitative estimate of drug-likeness (QED) is 0.543. The van der Waals surface area contributed by atoms with Gasteiger partial charge in [0.05, 0.1) is 19.0 Å². The number of rotatable bonds is 5. The smallest absolute Gasteiger partial charge is 0.289 e. The molecule has 1 heterocycles. The van der Waals surface area contributed by atoms with Crippen molar-refractivity contribution in [1.82, 2.24) is 15.6 Å². The number of benzene rings is 2. The van der Waals surface area contributed by atoms with E-state index in [0.717, 1.165) is 16.9 Å². The van der Waals surface area contributed by atoms with Crippen LogP contribution in [0.4, 0.5) is 0 Å². The van der Waals surface area contributed by atoms with Crippen LogP contribution in [0.1, 0.15) is 16.1 Å². The van der Waals surface area contributed by atoms with Crippen LogP contribution in [0.2, 0.25) is 5.02 Å². The van der Waals surface area contributed by atoms with Gasteiger partial charge in [-0.2, -0.15) is 10.2 Å². The van der Waals surface area contributed by atoms with Crippen molar-refractivity contribution in [2.24, 2.45) is 5.10 Å². The molecule has 2 aromatic carbocycles. The molecule has 2 N–H and O–H groups in total. The van der Waals surface area contributed by atoms with Crippen LogP contribution >= 0.6 is 11.6 Å². The third-order valence-electron chi connectivity index (χ3n) is 3.44. The van der Waals surface area contributed by atoms with Gasteiger partial charge in [-0.05, 0) is 48.0 Å². The lowest BCUT2D eigenvalue weighted by Gasteiger charge is -2.00. The Morgan fingerprint density at radius 2 is 2.04 bits per heavy atom. The number of nitrogens with zero attached hydrogens (tertiary/aromatic N) is 2. The first kappa shape index (κ1) is 16.7. The van der Waals surface area contributed by atoms with Crippen LogP contribution in [0.3, 0.4) is 0 Å². The number of ether oxygens (including phenoxy) is 1. The molecular formula is C18H15ClN4O2. The highest BCUT2D eigenvalue weighted by atomic mass is 35.5. The Morgan fingerprint density at radius 1 is 1.24 bits per heavy atom. The van der Waals surface area contributed by atoms with E-state index in [4.69, 9.17) is 16.3 Å². The molecule has 0 spiro atoms. The van der Waals surface area contributed by atoms with Gasteiger partial charge in [0.25, 0.3) is 5.91 Å². The van der Waals surface area contributed by atoms with Crippen molar-refractivity contribution in [3.63, 3.8) is 0 Å². The molecule has 0 unspecified atom stereocenters. The lowest BCUT2D eigenvalue weighted by molar-refractivity contribution is 0.0950. The van der Waals surface area contributed by atoms with Crippen LogP contribution in [0.25, 0.3) is 11.3 Å². The molecule has 0 atom stereocenters. The molecule has 25 heavy (non-hydrogen) atoms. The maximum absolute atomic E-state index is 12.1. The summed E-state index contributed by atoms with van der Waals surface area (Å²) in [4.78, 5) is 12.1. The van der Waals surface area contributed by atoms with E-state index in [1.54, 1.807) is 25.3 Å². The summed E-state index contributed by atoms with van der Waals surface area (Å²) in [5.74, 6) is 0.373. The number of H-pyrrole nitrogens is 1. The van der Waals surface area contributed by atoms with Crippen molar-refractivity contribution in [3.8, 4) is 17.0 Å². The van der Waals surface area contributed by atoms with Crippen molar-refractivity contribution in [1.29, 1.82) is 0 Å². The zero-order valence-corrected chi connectivity index (χ0v) is 14.1. The SMILES string of the molecule is COc1ccc(-c2cc(C(=O)N/N=C/c3cccc(Cl)c3)[nH]n2)cc1. The van der Waals surface area contributed by atoms with Crippen molar-refractivity contribution >= 4 is 23.7 Å². The predicted molar refractivity (Wildman–Crippen MR) is 97.1 cm³/mol. The topological polar surface area (TPSA) is 79.4 Å². The van der Waals surface area contributed by atoms with Gasteiger partial charge >= 0.3 is 0 Å². The molecule has 0 fully saturated rings. The number of aromatic nitrogens is 2. The van der Waals surface area contributed by atoms with Gasteiger partial charge in [-0.3, -0.25) is 9.89 Å². The fourth-order valence-corrected chi connectivity index (χ4v) is 2.36. The van der Waals surface area contributed by atoms with E-state index >= 15 is 0 Å². The molecule has 3 aromatic rings. The van der Waals surface area contributed by atoms with Crippen molar-refractivity contribution < 1.29 is 9.53 Å². The summed E-state index contributed by atoms with van der Waals surface area (Å²) in [6.45, 7) is 0. The number of hydrogen-bond acceptors (Lipinski definition) is 4. The van der Waals surface area contributed by atoms with Crippen LogP contribution in [0, 0.1) is 0 Å². The fraction of sp³-hybridized carbons (Fsp3) is 0.0556. The number of nitrogens with one attached hydrogen (secondary N) is 2. The highest BCUT2D eigenvalue weighted by molar-refractivity contribution is 6.30. The van der Waals surface area contributed by atoms with Gasteiger partial charge in [0, 0.05) is 10.6 Å². The van der Waals surface area contributed by atoms with Gasteiger partial charge in [0.1, 0.15) is 11.4 Å². The van der Waals surface area contributed by atoms with Crippen LogP contribution in [-0.4, -0.2) is 29.4 Å². The summed E-state index contributed by atoms with van der Waals surface area (Å²) < 4.78 is 5.12. The number of carbonyl (C=O) groups excluding carboxylic acids is 1. The summed E-state index contributed by atoms with van der Waals surface area (Å²) in [6, 6.07) is 16.2. The molecule has 126 valence electrons. The van der Waals surface area contributed by atoms with Crippen molar-refractivity contribution in [2.75, 3.05) is 7.11 Å². The summed E-state index contributed by atoms with van der Waals surface area (Å²) in [6.07, 6.45) is 1.52. The second-order valence-electron chi connectivity index (χ2n) is 5.15. The summed E-state index contributed by atoms with van der Waals surface area (Å²) in [5.41, 5.74) is 5.08. The van der Waals surface area contributed by atoms with E-state index < -0.39 is 0 Å². The highest BCUT2D eigenvalue weighted by Crippen LogP contribution is 2.21. The lowest BCUT2D eigenvalue weighted by Crippen LogP contribution is -2.17. The third-order valence-corrected chi connectivity index (χ3v) is 3.67. The predicted octanol–water partition coefficient (Wildman–Crippen LogP) is 3.50. The van der Waals surface area contributed by atoms with E-state index in [9.17, 15) is 4.79 Å². The third kappa shape index (κ3) is 4.24. The van der Waals surface area contributed by atoms with Crippen molar-refractivity contribution in [3.05, 3.63) is 70.9 Å². The summed E-state index contributed by atoms with van der Waals surface area (Å²) >= 11 is 5.89. The van der Waals surface area contributed by atoms with Gasteiger partial charge < -0.3 is 4.74 Å². The number of halogens is 1. The van der Waals surface area contributed by atoms with Crippen LogP contribution in [0.15, 0.2) is 59.7 Å². The number of amides is 1. The maximum atomic E-state index is 12.1. The fourth-order valence-electron chi connectivity index (χ4n) is 2.16. The molecule has 0 saturated heterocycles. The van der Waals surface area contributed by atoms with Gasteiger partial charge in [-0.15, -0.1) is 0 Å². The first-order valence-electron chi connectivity index (χ1n) is 7.44. The molecular weight excluding hydrogens is 340 g/mol. The molecule has 0 radical (unpaired) electrons. The monoisotopic (exact) mass is 354 g/mol. The Kier molecular flexibility index (Phi) is 5.11. The molecule has 0 aliphatic rings. The highest BCUT2D eigenvalue weighted by Gasteiger charge is 2.10. The van der Waals surface area contributed by atoms with Gasteiger partial charge in [0.15, 0.2) is 0 Å². The molecule has 0 aliphatic carbocycles. The Labute approximate surface area is 149 Å². The average molecular weight is 355 g/mol. The second kappa shape index (κ2) is 7.63. The lowest BCUT2D eigenvalue weighted by atomic mass is 10.1. The van der Waals surface area contributed by atoms with E-state index in [-0.39, 0.29) is 5.91 Å². The zero-order valence-electron chi connectivity index (χ0n) is 13.4. The summed E-state index contributed by atoms with van der Waals surface area (Å²) in [5, 5.41) is 11.4. The second-order valence-corrected chi connectivity index (χ2v) is 5.59. The molecule has 7 heteroatoms. The number of carbonyl (C=O) groups is 1. The van der Waals surface area contributed by atoms with Gasteiger partial charge in [-0.1, -0.05) is 23.7 Å². The minimum absolute atomic E-state index is 0.314. The van der Waals surface area contributed by atoms with E-state index in [2.05, 4.69) is 20.7 Å². The molecule has 0 aliphatic heterocycles. The Hall–Kier alpha value is -3.12. The van der Waals surface area contributed by atoms with Gasteiger partial charge in [0.2, 0.25) is 0 Å². The normalized spacial score (nSPS) is 10.8. The molecule has 1 aromatic heterocycles. The minimum atomic E-state index is -0.384. The largest absolute Gasteiger partial charge is 0.497 e. The van der Waals surface area contributed by atoms with Crippen LogP contribution < -0.4 is 10.2 Å². The van der Waals surface area contributed by atoms with Crippen LogP contribution in [-0.2, 0) is 0 Å². The Bertz CT molecular complexity index is 903. The number of aromatic amines is 1. The molecule has 1 amide bonds. The molecule has 6 nitrogen and oxygen atoms in total. The molecule has 0 bridgehead atoms. The average Bonchev–Trinajstić information content (AvgIpc) is 3.12. The molecule has 0 saturated carbocycles. The van der Waals surface area contributed by atoms with Gasteiger partial charge in [-0.25, -0.2) is 5.43 Å². The molecule has 3 rings (SSSR count). The minimum Gasteiger partial charge on any atom is -0.497 e. The first-order chi connectivity index (χ1) is 12.2. The zero-order chi connectivity index (χ0) is 17.6. The van der Waals surface area contributed by atoms with E-state index in [1.165, 1.54) is 6.21 Å². The van der Waals surface area contributed by atoms with E-state index in [1.807, 2.05) is 36.4 Å². The van der Waals surface area contributed by atoms with Crippen molar-refractivity contribution in [2.45, 2.75) is 0 Å².